The molecule has 2 aliphatic rings. The van der Waals surface area contributed by atoms with Gasteiger partial charge in [-0.2, -0.15) is 0 Å². The maximum Gasteiger partial charge on any atom is 0.318 e. The molecule has 0 saturated carbocycles. The molecule has 0 bridgehead atoms. The van der Waals surface area contributed by atoms with Crippen molar-refractivity contribution in [3.8, 4) is 11.5 Å². The van der Waals surface area contributed by atoms with E-state index in [9.17, 15) is 4.79 Å². The number of hydrogen-bond acceptors (Lipinski definition) is 4. The molecule has 0 aromatic heterocycles. The van der Waals surface area contributed by atoms with E-state index in [0.717, 1.165) is 44.0 Å². The summed E-state index contributed by atoms with van der Waals surface area (Å²) < 4.78 is 10.8. The van der Waals surface area contributed by atoms with Gasteiger partial charge >= 0.3 is 6.03 Å². The van der Waals surface area contributed by atoms with Crippen LogP contribution < -0.4 is 20.1 Å². The van der Waals surface area contributed by atoms with Gasteiger partial charge in [0.05, 0.1) is 19.2 Å². The number of benzene rings is 1. The monoisotopic (exact) mass is 305 g/mol. The fourth-order valence-corrected chi connectivity index (χ4v) is 3.10. The van der Waals surface area contributed by atoms with E-state index < -0.39 is 0 Å². The van der Waals surface area contributed by atoms with E-state index in [1.165, 1.54) is 0 Å². The lowest BCUT2D eigenvalue weighted by Crippen LogP contribution is -2.51. The number of piperidine rings is 1. The van der Waals surface area contributed by atoms with Crippen LogP contribution >= 0.6 is 0 Å². The molecule has 0 aliphatic carbocycles. The van der Waals surface area contributed by atoms with Crippen LogP contribution in [0, 0.1) is 0 Å². The number of rotatable bonds is 5. The Bertz CT molecular complexity index is 512. The first-order chi connectivity index (χ1) is 10.7. The Morgan fingerprint density at radius 3 is 2.55 bits per heavy atom. The fourth-order valence-electron chi connectivity index (χ4n) is 3.10. The molecule has 0 unspecified atom stereocenters. The minimum Gasteiger partial charge on any atom is -0.497 e. The number of carbonyl (C=O) groups is 1. The Morgan fingerprint density at radius 1 is 1.18 bits per heavy atom. The number of nitrogens with zero attached hydrogens (tertiary/aromatic N) is 1. The second kappa shape index (κ2) is 6.44. The van der Waals surface area contributed by atoms with Gasteiger partial charge in [-0.05, 0) is 50.2 Å². The van der Waals surface area contributed by atoms with Crippen LogP contribution in [-0.4, -0.2) is 56.4 Å². The molecule has 2 fully saturated rings. The average Bonchev–Trinajstić information content (AvgIpc) is 2.84. The Kier molecular flexibility index (Phi) is 4.38. The van der Waals surface area contributed by atoms with E-state index in [4.69, 9.17) is 9.47 Å². The average molecular weight is 305 g/mol. The van der Waals surface area contributed by atoms with Crippen molar-refractivity contribution in [1.82, 2.24) is 15.5 Å². The molecule has 0 radical (unpaired) electrons. The molecule has 2 aliphatic heterocycles. The highest BCUT2D eigenvalue weighted by Crippen LogP contribution is 2.25. The first kappa shape index (κ1) is 15.0. The van der Waals surface area contributed by atoms with Gasteiger partial charge in [0.1, 0.15) is 18.1 Å². The minimum atomic E-state index is -0.0392. The number of methoxy groups -OCH3 is 1. The van der Waals surface area contributed by atoms with Crippen LogP contribution in [0.5, 0.6) is 11.5 Å². The smallest absolute Gasteiger partial charge is 0.318 e. The third-order valence-corrected chi connectivity index (χ3v) is 4.40. The Hall–Kier alpha value is -1.95. The number of hydrogen-bond donors (Lipinski definition) is 2. The summed E-state index contributed by atoms with van der Waals surface area (Å²) in [6.07, 6.45) is 1.99. The number of ether oxygens (including phenoxy) is 2. The number of carbonyl (C=O) groups excluding carboxylic acids is 1. The van der Waals surface area contributed by atoms with E-state index in [1.54, 1.807) is 7.11 Å². The topological polar surface area (TPSA) is 62.8 Å². The van der Waals surface area contributed by atoms with Crippen LogP contribution in [0.4, 0.5) is 4.79 Å². The Morgan fingerprint density at radius 2 is 1.86 bits per heavy atom. The molecule has 1 aromatic carbocycles. The van der Waals surface area contributed by atoms with E-state index in [-0.39, 0.29) is 11.6 Å². The maximum atomic E-state index is 12.1. The molecule has 1 spiro atoms. The zero-order chi connectivity index (χ0) is 15.4. The molecule has 6 heteroatoms. The quantitative estimate of drug-likeness (QED) is 0.859. The molecular weight excluding hydrogens is 282 g/mol. The molecule has 0 atom stereocenters. The first-order valence-corrected chi connectivity index (χ1v) is 7.75. The van der Waals surface area contributed by atoms with E-state index in [2.05, 4.69) is 10.6 Å². The summed E-state index contributed by atoms with van der Waals surface area (Å²) in [5.74, 6) is 1.59. The van der Waals surface area contributed by atoms with Crippen molar-refractivity contribution >= 4 is 6.03 Å². The van der Waals surface area contributed by atoms with Crippen molar-refractivity contribution in [3.63, 3.8) is 0 Å². The van der Waals surface area contributed by atoms with Gasteiger partial charge in [0, 0.05) is 6.54 Å². The van der Waals surface area contributed by atoms with Crippen LogP contribution in [0.25, 0.3) is 0 Å². The SMILES string of the molecule is COc1ccc(OCCN2CC3(CCNCC3)NC2=O)cc1. The van der Waals surface area contributed by atoms with Crippen molar-refractivity contribution in [3.05, 3.63) is 24.3 Å². The van der Waals surface area contributed by atoms with Gasteiger partial charge in [0.15, 0.2) is 0 Å². The van der Waals surface area contributed by atoms with Crippen LogP contribution in [0.2, 0.25) is 0 Å². The van der Waals surface area contributed by atoms with Crippen LogP contribution in [0.3, 0.4) is 0 Å². The standard InChI is InChI=1S/C16H23N3O3/c1-21-13-2-4-14(5-3-13)22-11-10-19-12-16(18-15(19)20)6-8-17-9-7-16/h2-5,17H,6-12H2,1H3,(H,18,20). The summed E-state index contributed by atoms with van der Waals surface area (Å²) >= 11 is 0. The molecule has 2 heterocycles. The predicted molar refractivity (Wildman–Crippen MR) is 83.4 cm³/mol. The normalized spacial score (nSPS) is 20.0. The molecule has 120 valence electrons. The predicted octanol–water partition coefficient (Wildman–Crippen LogP) is 1.22. The van der Waals surface area contributed by atoms with Gasteiger partial charge in [-0.15, -0.1) is 0 Å². The van der Waals surface area contributed by atoms with E-state index in [0.29, 0.717) is 13.2 Å². The lowest BCUT2D eigenvalue weighted by atomic mass is 9.89. The maximum absolute atomic E-state index is 12.1. The van der Waals surface area contributed by atoms with Crippen LogP contribution in [0.1, 0.15) is 12.8 Å². The second-order valence-corrected chi connectivity index (χ2v) is 5.91. The first-order valence-electron chi connectivity index (χ1n) is 7.75. The van der Waals surface area contributed by atoms with E-state index >= 15 is 0 Å². The van der Waals surface area contributed by atoms with Gasteiger partial charge in [0.25, 0.3) is 0 Å². The zero-order valence-corrected chi connectivity index (χ0v) is 12.9. The highest BCUT2D eigenvalue weighted by Gasteiger charge is 2.42. The van der Waals surface area contributed by atoms with E-state index in [1.807, 2.05) is 29.2 Å². The third kappa shape index (κ3) is 3.27. The summed E-state index contributed by atoms with van der Waals surface area (Å²) in [6.45, 7) is 3.81. The van der Waals surface area contributed by atoms with Crippen LogP contribution in [0.15, 0.2) is 24.3 Å². The molecule has 1 aromatic rings. The summed E-state index contributed by atoms with van der Waals surface area (Å²) in [5, 5.41) is 6.49. The molecule has 6 nitrogen and oxygen atoms in total. The number of nitrogens with one attached hydrogen (secondary N) is 2. The van der Waals surface area contributed by atoms with Crippen molar-refractivity contribution in [2.75, 3.05) is 39.9 Å². The van der Waals surface area contributed by atoms with Crippen molar-refractivity contribution in [2.45, 2.75) is 18.4 Å². The molecule has 3 rings (SSSR count). The van der Waals surface area contributed by atoms with Gasteiger partial charge < -0.3 is 25.0 Å². The van der Waals surface area contributed by atoms with Crippen molar-refractivity contribution in [2.24, 2.45) is 0 Å². The number of amides is 2. The zero-order valence-electron chi connectivity index (χ0n) is 12.9. The Labute approximate surface area is 130 Å². The second-order valence-electron chi connectivity index (χ2n) is 5.91. The summed E-state index contributed by atoms with van der Waals surface area (Å²) in [7, 11) is 1.64. The third-order valence-electron chi connectivity index (χ3n) is 4.40. The van der Waals surface area contributed by atoms with Gasteiger partial charge in [0.2, 0.25) is 0 Å². The molecular formula is C16H23N3O3. The molecule has 2 amide bonds. The fraction of sp³-hybridized carbons (Fsp3) is 0.562. The highest BCUT2D eigenvalue weighted by molar-refractivity contribution is 5.78. The van der Waals surface area contributed by atoms with Gasteiger partial charge in [-0.1, -0.05) is 0 Å². The molecule has 22 heavy (non-hydrogen) atoms. The Balaban J connectivity index is 1.48. The van der Waals surface area contributed by atoms with Crippen molar-refractivity contribution < 1.29 is 14.3 Å². The molecule has 2 saturated heterocycles. The lowest BCUT2D eigenvalue weighted by Gasteiger charge is -2.33. The summed E-state index contributed by atoms with van der Waals surface area (Å²) in [4.78, 5) is 14.0. The van der Waals surface area contributed by atoms with Crippen LogP contribution in [-0.2, 0) is 0 Å². The van der Waals surface area contributed by atoms with Crippen molar-refractivity contribution in [1.29, 1.82) is 0 Å². The molecule has 2 N–H and O–H groups in total. The summed E-state index contributed by atoms with van der Waals surface area (Å²) in [6, 6.07) is 7.50. The summed E-state index contributed by atoms with van der Waals surface area (Å²) in [5.41, 5.74) is -0.0392. The van der Waals surface area contributed by atoms with Gasteiger partial charge in [-0.25, -0.2) is 4.79 Å². The minimum absolute atomic E-state index is 0.0280. The highest BCUT2D eigenvalue weighted by atomic mass is 16.5. The largest absolute Gasteiger partial charge is 0.497 e. The van der Waals surface area contributed by atoms with Gasteiger partial charge in [-0.3, -0.25) is 0 Å². The lowest BCUT2D eigenvalue weighted by molar-refractivity contribution is 0.199. The number of urea groups is 1.